The van der Waals surface area contributed by atoms with Crippen LogP contribution in [0, 0.1) is 18.3 Å². The van der Waals surface area contributed by atoms with Crippen LogP contribution in [0.3, 0.4) is 0 Å². The van der Waals surface area contributed by atoms with Gasteiger partial charge >= 0.3 is 0 Å². The molecule has 0 atom stereocenters. The Kier molecular flexibility index (Phi) is 6.20. The van der Waals surface area contributed by atoms with Crippen LogP contribution in [0.4, 0.5) is 0 Å². The van der Waals surface area contributed by atoms with Crippen LogP contribution in [0.15, 0.2) is 30.3 Å². The lowest BCUT2D eigenvalue weighted by atomic mass is 9.72. The van der Waals surface area contributed by atoms with Crippen molar-refractivity contribution in [3.05, 3.63) is 41.5 Å². The Balaban J connectivity index is 1.55. The summed E-state index contributed by atoms with van der Waals surface area (Å²) >= 11 is 0. The molecule has 2 fully saturated rings. The van der Waals surface area contributed by atoms with Gasteiger partial charge in [0.2, 0.25) is 0 Å². The Morgan fingerprint density at radius 1 is 0.931 bits per heavy atom. The maximum Gasteiger partial charge on any atom is 0.125 e. The van der Waals surface area contributed by atoms with Gasteiger partial charge in [0.25, 0.3) is 0 Å². The van der Waals surface area contributed by atoms with E-state index in [-0.39, 0.29) is 0 Å². The summed E-state index contributed by atoms with van der Waals surface area (Å²) in [5, 5.41) is 6.55. The smallest absolute Gasteiger partial charge is 0.125 e. The molecule has 0 heterocycles. The van der Waals surface area contributed by atoms with Crippen LogP contribution in [-0.4, -0.2) is 12.1 Å². The summed E-state index contributed by atoms with van der Waals surface area (Å²) < 4.78 is 6.71. The van der Waals surface area contributed by atoms with E-state index in [1.807, 2.05) is 0 Å². The maximum atomic E-state index is 6.71. The largest absolute Gasteiger partial charge is 0.490 e. The Morgan fingerprint density at radius 2 is 1.59 bits per heavy atom. The van der Waals surface area contributed by atoms with Gasteiger partial charge in [0.05, 0.1) is 6.10 Å². The van der Waals surface area contributed by atoms with Crippen molar-refractivity contribution >= 4 is 10.8 Å². The predicted octanol–water partition coefficient (Wildman–Crippen LogP) is 7.16. The van der Waals surface area contributed by atoms with Crippen molar-refractivity contribution in [2.75, 3.05) is 0 Å². The topological polar surface area (TPSA) is 21.3 Å². The zero-order valence-corrected chi connectivity index (χ0v) is 18.9. The summed E-state index contributed by atoms with van der Waals surface area (Å²) in [4.78, 5) is 0. The monoisotopic (exact) mass is 393 g/mol. The van der Waals surface area contributed by atoms with E-state index in [9.17, 15) is 0 Å². The molecule has 0 unspecified atom stereocenters. The molecular formula is C27H39NO. The quantitative estimate of drug-likeness (QED) is 0.581. The molecule has 0 saturated heterocycles. The second-order valence-electron chi connectivity index (χ2n) is 10.5. The van der Waals surface area contributed by atoms with E-state index in [0.29, 0.717) is 17.6 Å². The molecule has 0 aliphatic heterocycles. The van der Waals surface area contributed by atoms with E-state index in [0.717, 1.165) is 18.2 Å². The third-order valence-corrected chi connectivity index (χ3v) is 7.44. The molecule has 0 aromatic heterocycles. The van der Waals surface area contributed by atoms with Crippen LogP contribution in [0.5, 0.6) is 5.75 Å². The first-order valence-corrected chi connectivity index (χ1v) is 11.8. The lowest BCUT2D eigenvalue weighted by Gasteiger charge is -2.37. The molecule has 2 heteroatoms. The molecule has 2 aliphatic carbocycles. The van der Waals surface area contributed by atoms with Crippen LogP contribution in [0.25, 0.3) is 10.8 Å². The van der Waals surface area contributed by atoms with Gasteiger partial charge in [0, 0.05) is 18.2 Å². The van der Waals surface area contributed by atoms with Gasteiger partial charge in [-0.25, -0.2) is 0 Å². The van der Waals surface area contributed by atoms with Gasteiger partial charge in [-0.05, 0) is 79.2 Å². The van der Waals surface area contributed by atoms with Crippen LogP contribution in [-0.2, 0) is 6.54 Å². The van der Waals surface area contributed by atoms with Crippen molar-refractivity contribution in [1.29, 1.82) is 0 Å². The number of hydrogen-bond acceptors (Lipinski definition) is 2. The minimum atomic E-state index is 0.361. The summed E-state index contributed by atoms with van der Waals surface area (Å²) in [6.45, 7) is 10.3. The van der Waals surface area contributed by atoms with E-state index in [2.05, 4.69) is 63.3 Å². The fourth-order valence-electron chi connectivity index (χ4n) is 5.47. The molecule has 0 bridgehead atoms. The van der Waals surface area contributed by atoms with Crippen molar-refractivity contribution in [3.8, 4) is 5.75 Å². The molecule has 2 saturated carbocycles. The summed E-state index contributed by atoms with van der Waals surface area (Å²) in [7, 11) is 0. The molecule has 2 aromatic rings. The molecule has 2 aromatic carbocycles. The van der Waals surface area contributed by atoms with E-state index in [1.165, 1.54) is 73.3 Å². The number of fused-ring (bicyclic) bond motifs is 1. The molecule has 1 N–H and O–H groups in total. The molecule has 29 heavy (non-hydrogen) atoms. The van der Waals surface area contributed by atoms with Crippen molar-refractivity contribution in [3.63, 3.8) is 0 Å². The van der Waals surface area contributed by atoms with E-state index in [1.54, 1.807) is 0 Å². The van der Waals surface area contributed by atoms with Crippen molar-refractivity contribution < 1.29 is 4.74 Å². The lowest BCUT2D eigenvalue weighted by molar-refractivity contribution is 0.0875. The second kappa shape index (κ2) is 8.68. The molecular weight excluding hydrogens is 354 g/mol. The van der Waals surface area contributed by atoms with Crippen LogP contribution in [0.2, 0.25) is 0 Å². The lowest BCUT2D eigenvalue weighted by Crippen LogP contribution is -2.31. The number of nitrogens with one attached hydrogen (secondary N) is 1. The first-order valence-electron chi connectivity index (χ1n) is 11.8. The van der Waals surface area contributed by atoms with Crippen LogP contribution in [0.1, 0.15) is 83.3 Å². The third-order valence-electron chi connectivity index (χ3n) is 7.44. The number of benzene rings is 2. The minimum absolute atomic E-state index is 0.361. The molecule has 2 aliphatic rings. The zero-order valence-electron chi connectivity index (χ0n) is 18.9. The number of hydrogen-bond donors (Lipinski definition) is 1. The van der Waals surface area contributed by atoms with Crippen LogP contribution < -0.4 is 10.1 Å². The Labute approximate surface area is 177 Å². The van der Waals surface area contributed by atoms with Crippen LogP contribution >= 0.6 is 0 Å². The van der Waals surface area contributed by atoms with Gasteiger partial charge < -0.3 is 10.1 Å². The minimum Gasteiger partial charge on any atom is -0.490 e. The molecule has 4 rings (SSSR count). The SMILES string of the molecule is Cc1cc(OC2CCC(C(C)(C)C)CC2)c(CNC2CCCC2)c2ccccc12. The van der Waals surface area contributed by atoms with E-state index >= 15 is 0 Å². The average molecular weight is 394 g/mol. The molecule has 0 amide bonds. The third kappa shape index (κ3) is 4.79. The number of ether oxygens (including phenoxy) is 1. The van der Waals surface area contributed by atoms with E-state index < -0.39 is 0 Å². The fraction of sp³-hybridized carbons (Fsp3) is 0.630. The number of aryl methyl sites for hydroxylation is 1. The molecule has 0 radical (unpaired) electrons. The molecule has 158 valence electrons. The Hall–Kier alpha value is -1.54. The molecule has 2 nitrogen and oxygen atoms in total. The normalized spacial score (nSPS) is 23.6. The van der Waals surface area contributed by atoms with Crippen molar-refractivity contribution in [1.82, 2.24) is 5.32 Å². The summed E-state index contributed by atoms with van der Waals surface area (Å²) in [5.74, 6) is 1.94. The highest BCUT2D eigenvalue weighted by Crippen LogP contribution is 2.40. The van der Waals surface area contributed by atoms with E-state index in [4.69, 9.17) is 4.74 Å². The highest BCUT2D eigenvalue weighted by Gasteiger charge is 2.31. The van der Waals surface area contributed by atoms with Gasteiger partial charge in [0.1, 0.15) is 5.75 Å². The fourth-order valence-corrected chi connectivity index (χ4v) is 5.47. The first kappa shape index (κ1) is 20.7. The first-order chi connectivity index (χ1) is 13.9. The van der Waals surface area contributed by atoms with Gasteiger partial charge in [0.15, 0.2) is 0 Å². The van der Waals surface area contributed by atoms with Gasteiger partial charge in [-0.2, -0.15) is 0 Å². The summed E-state index contributed by atoms with van der Waals surface area (Å²) in [6.07, 6.45) is 10.7. The van der Waals surface area contributed by atoms with Gasteiger partial charge in [-0.3, -0.25) is 0 Å². The zero-order chi connectivity index (χ0) is 20.4. The molecule has 0 spiro atoms. The number of rotatable bonds is 5. The van der Waals surface area contributed by atoms with Gasteiger partial charge in [-0.1, -0.05) is 57.9 Å². The average Bonchev–Trinajstić information content (AvgIpc) is 3.21. The Morgan fingerprint density at radius 3 is 2.24 bits per heavy atom. The second-order valence-corrected chi connectivity index (χ2v) is 10.5. The highest BCUT2D eigenvalue weighted by atomic mass is 16.5. The summed E-state index contributed by atoms with van der Waals surface area (Å²) in [5.41, 5.74) is 3.10. The van der Waals surface area contributed by atoms with Crippen molar-refractivity contribution in [2.24, 2.45) is 11.3 Å². The standard InChI is InChI=1S/C27H39NO/c1-19-17-26(29-22-15-13-20(14-16-22)27(2,3)4)25(18-28-21-9-5-6-10-21)24-12-8-7-11-23(19)24/h7-8,11-12,17,20-22,28H,5-6,9-10,13-16,18H2,1-4H3. The van der Waals surface area contributed by atoms with Gasteiger partial charge in [-0.15, -0.1) is 0 Å². The maximum absolute atomic E-state index is 6.71. The predicted molar refractivity (Wildman–Crippen MR) is 124 cm³/mol. The Bertz CT molecular complexity index is 820. The summed E-state index contributed by atoms with van der Waals surface area (Å²) in [6, 6.07) is 11.8. The highest BCUT2D eigenvalue weighted by molar-refractivity contribution is 5.90. The van der Waals surface area contributed by atoms with Crippen molar-refractivity contribution in [2.45, 2.75) is 97.8 Å².